The zero-order valence-electron chi connectivity index (χ0n) is 18.9. The number of fused-ring (bicyclic) bond motifs is 1. The van der Waals surface area contributed by atoms with Crippen LogP contribution in [0.3, 0.4) is 0 Å². The van der Waals surface area contributed by atoms with Gasteiger partial charge in [0.2, 0.25) is 0 Å². The summed E-state index contributed by atoms with van der Waals surface area (Å²) in [6, 6.07) is 12.0. The van der Waals surface area contributed by atoms with E-state index in [1.54, 1.807) is 19.5 Å². The minimum absolute atomic E-state index is 0.283. The van der Waals surface area contributed by atoms with E-state index in [-0.39, 0.29) is 5.54 Å². The highest BCUT2D eigenvalue weighted by Crippen LogP contribution is 2.30. The van der Waals surface area contributed by atoms with Crippen LogP contribution in [-0.4, -0.2) is 44.3 Å². The van der Waals surface area contributed by atoms with Crippen LogP contribution in [0.5, 0.6) is 5.75 Å². The van der Waals surface area contributed by atoms with Gasteiger partial charge in [0, 0.05) is 43.3 Å². The molecule has 0 radical (unpaired) electrons. The van der Waals surface area contributed by atoms with Crippen LogP contribution in [0, 0.1) is 17.2 Å². The molecule has 0 bridgehead atoms. The molecule has 33 heavy (non-hydrogen) atoms. The van der Waals surface area contributed by atoms with E-state index in [1.807, 2.05) is 51.8 Å². The van der Waals surface area contributed by atoms with Crippen LogP contribution in [0.1, 0.15) is 26.2 Å². The van der Waals surface area contributed by atoms with Gasteiger partial charge in [-0.15, -0.1) is 0 Å². The third-order valence-electron chi connectivity index (χ3n) is 6.28. The number of rotatable bonds is 5. The van der Waals surface area contributed by atoms with E-state index in [0.717, 1.165) is 53.0 Å². The Kier molecular flexibility index (Phi) is 5.56. The van der Waals surface area contributed by atoms with Crippen molar-refractivity contribution < 1.29 is 4.74 Å². The Bertz CT molecular complexity index is 1290. The van der Waals surface area contributed by atoms with Crippen LogP contribution < -0.4 is 10.1 Å². The number of methoxy groups -OCH3 is 1. The third-order valence-corrected chi connectivity index (χ3v) is 6.28. The molecule has 8 nitrogen and oxygen atoms in total. The molecule has 0 spiro atoms. The minimum Gasteiger partial charge on any atom is -0.497 e. The topological polar surface area (TPSA) is 93.1 Å². The molecular weight excluding hydrogens is 414 g/mol. The maximum Gasteiger partial charge on any atom is 0.149 e. The average Bonchev–Trinajstić information content (AvgIpc) is 3.27. The lowest BCUT2D eigenvalue weighted by Gasteiger charge is -2.41. The largest absolute Gasteiger partial charge is 0.497 e. The van der Waals surface area contributed by atoms with Gasteiger partial charge in [0.25, 0.3) is 0 Å². The van der Waals surface area contributed by atoms with E-state index < -0.39 is 0 Å². The van der Waals surface area contributed by atoms with Gasteiger partial charge in [0.1, 0.15) is 22.8 Å². The molecule has 4 aromatic rings. The fourth-order valence-electron chi connectivity index (χ4n) is 3.83. The predicted octanol–water partition coefficient (Wildman–Crippen LogP) is 3.90. The molecule has 1 aromatic carbocycles. The maximum absolute atomic E-state index is 9.21. The first kappa shape index (κ1) is 21.2. The fourth-order valence-corrected chi connectivity index (χ4v) is 3.83. The predicted molar refractivity (Wildman–Crippen MR) is 126 cm³/mol. The Morgan fingerprint density at radius 1 is 1.21 bits per heavy atom. The number of benzene rings is 1. The van der Waals surface area contributed by atoms with Crippen molar-refractivity contribution in [2.75, 3.05) is 20.2 Å². The van der Waals surface area contributed by atoms with Crippen LogP contribution in [0.2, 0.25) is 0 Å². The van der Waals surface area contributed by atoms with Crippen molar-refractivity contribution in [3.63, 3.8) is 0 Å². The van der Waals surface area contributed by atoms with Gasteiger partial charge in [-0.05, 0) is 30.2 Å². The van der Waals surface area contributed by atoms with Crippen LogP contribution in [0.25, 0.3) is 28.3 Å². The van der Waals surface area contributed by atoms with Gasteiger partial charge in [-0.25, -0.2) is 9.97 Å². The summed E-state index contributed by atoms with van der Waals surface area (Å²) in [7, 11) is 1.65. The van der Waals surface area contributed by atoms with E-state index in [0.29, 0.717) is 6.42 Å². The lowest BCUT2D eigenvalue weighted by molar-refractivity contribution is 0.160. The molecule has 2 aliphatic rings. The normalized spacial score (nSPS) is 16.4. The number of nitrogens with one attached hydrogen (secondary N) is 1. The molecule has 168 valence electrons. The van der Waals surface area contributed by atoms with Crippen LogP contribution in [0.15, 0.2) is 55.1 Å². The first-order valence-corrected chi connectivity index (χ1v) is 11.2. The van der Waals surface area contributed by atoms with Gasteiger partial charge < -0.3 is 10.1 Å². The molecule has 4 heterocycles. The smallest absolute Gasteiger partial charge is 0.149 e. The van der Waals surface area contributed by atoms with E-state index in [2.05, 4.69) is 28.4 Å². The Morgan fingerprint density at radius 3 is 2.58 bits per heavy atom. The summed E-state index contributed by atoms with van der Waals surface area (Å²) in [6.45, 7) is 3.75. The summed E-state index contributed by atoms with van der Waals surface area (Å²) in [5.41, 5.74) is 3.22. The molecule has 1 saturated carbocycles. The molecular formula is C25H27N7O. The van der Waals surface area contributed by atoms with Crippen molar-refractivity contribution >= 4 is 5.65 Å². The summed E-state index contributed by atoms with van der Waals surface area (Å²) in [4.78, 5) is 9.36. The molecule has 3 aromatic heterocycles. The average molecular weight is 442 g/mol. The van der Waals surface area contributed by atoms with Crippen molar-refractivity contribution in [3.05, 3.63) is 55.1 Å². The standard InChI is InChI=1S/C21H19N7O.C4H8/c1-29-17-4-2-15(3-5-17)18-10-19-24-8-9-27(19)20(26-18)16-11-25-28(12-16)21(6-7-22)13-23-14-21;1-4-2-3-4/h2-5,8-12,23H,6,13-14H2,1H3;4H,2-3H2,1H3. The van der Waals surface area contributed by atoms with E-state index in [4.69, 9.17) is 9.72 Å². The summed E-state index contributed by atoms with van der Waals surface area (Å²) in [5, 5.41) is 17.0. The molecule has 8 heteroatoms. The Morgan fingerprint density at radius 2 is 1.97 bits per heavy atom. The van der Waals surface area contributed by atoms with E-state index in [1.165, 1.54) is 12.8 Å². The highest BCUT2D eigenvalue weighted by molar-refractivity contribution is 5.69. The van der Waals surface area contributed by atoms with Crippen molar-refractivity contribution in [1.29, 1.82) is 5.26 Å². The monoisotopic (exact) mass is 441 g/mol. The van der Waals surface area contributed by atoms with Gasteiger partial charge in [-0.3, -0.25) is 9.08 Å². The summed E-state index contributed by atoms with van der Waals surface area (Å²) < 4.78 is 9.09. The number of aromatic nitrogens is 5. The van der Waals surface area contributed by atoms with Gasteiger partial charge in [-0.1, -0.05) is 19.8 Å². The molecule has 2 fully saturated rings. The molecule has 0 amide bonds. The molecule has 1 N–H and O–H groups in total. The summed E-state index contributed by atoms with van der Waals surface area (Å²) >= 11 is 0. The Hall–Kier alpha value is -3.70. The maximum atomic E-state index is 9.21. The van der Waals surface area contributed by atoms with Crippen LogP contribution in [-0.2, 0) is 5.54 Å². The summed E-state index contributed by atoms with van der Waals surface area (Å²) in [6.07, 6.45) is 10.8. The van der Waals surface area contributed by atoms with Gasteiger partial charge in [-0.2, -0.15) is 10.4 Å². The molecule has 0 unspecified atom stereocenters. The second-order valence-corrected chi connectivity index (χ2v) is 8.87. The van der Waals surface area contributed by atoms with Crippen molar-refractivity contribution in [2.24, 2.45) is 5.92 Å². The van der Waals surface area contributed by atoms with Gasteiger partial charge >= 0.3 is 0 Å². The molecule has 6 rings (SSSR count). The molecule has 0 atom stereocenters. The van der Waals surface area contributed by atoms with Crippen molar-refractivity contribution in [3.8, 4) is 34.5 Å². The van der Waals surface area contributed by atoms with Crippen molar-refractivity contribution in [1.82, 2.24) is 29.5 Å². The summed E-state index contributed by atoms with van der Waals surface area (Å²) in [5.74, 6) is 2.64. The number of hydrogen-bond acceptors (Lipinski definition) is 6. The first-order chi connectivity index (χ1) is 16.1. The number of hydrogen-bond donors (Lipinski definition) is 1. The Labute approximate surface area is 192 Å². The highest BCUT2D eigenvalue weighted by Gasteiger charge is 2.39. The number of nitrogens with zero attached hydrogens (tertiary/aromatic N) is 6. The highest BCUT2D eigenvalue weighted by atomic mass is 16.5. The number of ether oxygens (including phenoxy) is 1. The van der Waals surface area contributed by atoms with Crippen LogP contribution >= 0.6 is 0 Å². The zero-order valence-corrected chi connectivity index (χ0v) is 18.9. The minimum atomic E-state index is -0.283. The van der Waals surface area contributed by atoms with Crippen molar-refractivity contribution in [2.45, 2.75) is 31.7 Å². The number of nitriles is 1. The van der Waals surface area contributed by atoms with E-state index >= 15 is 0 Å². The van der Waals surface area contributed by atoms with Crippen LogP contribution in [0.4, 0.5) is 0 Å². The Balaban J connectivity index is 0.000000517. The molecule has 1 aliphatic carbocycles. The second-order valence-electron chi connectivity index (χ2n) is 8.87. The van der Waals surface area contributed by atoms with E-state index in [9.17, 15) is 5.26 Å². The molecule has 1 saturated heterocycles. The quantitative estimate of drug-likeness (QED) is 0.505. The number of imidazole rings is 1. The van der Waals surface area contributed by atoms with Gasteiger partial charge in [0.15, 0.2) is 0 Å². The second kappa shape index (κ2) is 8.68. The SMILES string of the molecule is CC1CC1.COc1ccc(-c2cc3nccn3c(-c3cnn(C4(CC#N)CNC4)c3)n2)cc1. The lowest BCUT2D eigenvalue weighted by Crippen LogP contribution is -2.60. The molecule has 1 aliphatic heterocycles. The first-order valence-electron chi connectivity index (χ1n) is 11.2. The van der Waals surface area contributed by atoms with Gasteiger partial charge in [0.05, 0.1) is 37.1 Å². The lowest BCUT2D eigenvalue weighted by atomic mass is 9.89. The zero-order chi connectivity index (χ0) is 22.8. The fraction of sp³-hybridized carbons (Fsp3) is 0.360. The third kappa shape index (κ3) is 4.20.